The van der Waals surface area contributed by atoms with E-state index in [1.807, 2.05) is 12.1 Å². The van der Waals surface area contributed by atoms with E-state index in [0.717, 1.165) is 17.3 Å². The molecule has 3 rings (SSSR count). The summed E-state index contributed by atoms with van der Waals surface area (Å²) in [6.45, 7) is 0. The largest absolute Gasteiger partial charge is 0.349 e. The van der Waals surface area contributed by atoms with E-state index in [1.54, 1.807) is 36.4 Å². The highest BCUT2D eigenvalue weighted by Crippen LogP contribution is 2.20. The van der Waals surface area contributed by atoms with Crippen molar-refractivity contribution >= 4 is 33.4 Å². The van der Waals surface area contributed by atoms with Crippen molar-refractivity contribution in [2.24, 2.45) is 0 Å². The van der Waals surface area contributed by atoms with Gasteiger partial charge in [-0.25, -0.2) is 0 Å². The summed E-state index contributed by atoms with van der Waals surface area (Å²) in [4.78, 5) is 24.2. The van der Waals surface area contributed by atoms with Gasteiger partial charge in [0.05, 0.1) is 0 Å². The summed E-state index contributed by atoms with van der Waals surface area (Å²) in [6.07, 6.45) is 2.09. The molecule has 1 fully saturated rings. The van der Waals surface area contributed by atoms with Gasteiger partial charge in [0.1, 0.15) is 0 Å². The molecule has 4 nitrogen and oxygen atoms in total. The lowest BCUT2D eigenvalue weighted by Gasteiger charge is -2.08. The molecule has 0 spiro atoms. The summed E-state index contributed by atoms with van der Waals surface area (Å²) in [7, 11) is 0. The SMILES string of the molecule is O=C(Nc1cccc(C(=O)NC2CC2)c1)c1ccc(Br)cc1. The molecule has 112 valence electrons. The molecule has 1 aliphatic rings. The molecular weight excluding hydrogens is 344 g/mol. The number of halogens is 1. The van der Waals surface area contributed by atoms with Gasteiger partial charge in [-0.3, -0.25) is 9.59 Å². The number of hydrogen-bond donors (Lipinski definition) is 2. The van der Waals surface area contributed by atoms with E-state index in [0.29, 0.717) is 22.9 Å². The average molecular weight is 359 g/mol. The maximum atomic E-state index is 12.2. The molecule has 1 aliphatic carbocycles. The lowest BCUT2D eigenvalue weighted by molar-refractivity contribution is 0.0949. The predicted octanol–water partition coefficient (Wildman–Crippen LogP) is 3.59. The van der Waals surface area contributed by atoms with Crippen molar-refractivity contribution in [2.45, 2.75) is 18.9 Å². The minimum Gasteiger partial charge on any atom is -0.349 e. The third-order valence-corrected chi connectivity index (χ3v) is 3.93. The minimum absolute atomic E-state index is 0.0951. The van der Waals surface area contributed by atoms with Crippen LogP contribution in [0.4, 0.5) is 5.69 Å². The number of carbonyl (C=O) groups is 2. The van der Waals surface area contributed by atoms with E-state index in [-0.39, 0.29) is 11.8 Å². The Morgan fingerprint density at radius 2 is 1.68 bits per heavy atom. The Kier molecular flexibility index (Phi) is 4.24. The molecule has 1 saturated carbocycles. The lowest BCUT2D eigenvalue weighted by atomic mass is 10.1. The first kappa shape index (κ1) is 14.8. The quantitative estimate of drug-likeness (QED) is 0.877. The van der Waals surface area contributed by atoms with Crippen LogP contribution in [0.25, 0.3) is 0 Å². The van der Waals surface area contributed by atoms with Crippen molar-refractivity contribution < 1.29 is 9.59 Å². The molecule has 2 N–H and O–H groups in total. The molecule has 0 bridgehead atoms. The predicted molar refractivity (Wildman–Crippen MR) is 89.0 cm³/mol. The number of amides is 2. The molecule has 5 heteroatoms. The van der Waals surface area contributed by atoms with E-state index in [4.69, 9.17) is 0 Å². The molecule has 0 heterocycles. The number of anilines is 1. The normalized spacial score (nSPS) is 13.5. The third-order valence-electron chi connectivity index (χ3n) is 3.40. The van der Waals surface area contributed by atoms with Crippen LogP contribution in [0.2, 0.25) is 0 Å². The van der Waals surface area contributed by atoms with E-state index in [2.05, 4.69) is 26.6 Å². The van der Waals surface area contributed by atoms with Crippen molar-refractivity contribution in [3.63, 3.8) is 0 Å². The molecule has 0 atom stereocenters. The highest BCUT2D eigenvalue weighted by atomic mass is 79.9. The van der Waals surface area contributed by atoms with Gasteiger partial charge < -0.3 is 10.6 Å². The van der Waals surface area contributed by atoms with Crippen LogP contribution in [-0.2, 0) is 0 Å². The van der Waals surface area contributed by atoms with E-state index >= 15 is 0 Å². The molecular formula is C17H15BrN2O2. The van der Waals surface area contributed by atoms with Crippen LogP contribution in [-0.4, -0.2) is 17.9 Å². The molecule has 0 saturated heterocycles. The number of benzene rings is 2. The summed E-state index contributed by atoms with van der Waals surface area (Å²) in [5.41, 5.74) is 1.73. The standard InChI is InChI=1S/C17H15BrN2O2/c18-13-6-4-11(5-7-13)16(21)20-15-3-1-2-12(10-15)17(22)19-14-8-9-14/h1-7,10,14H,8-9H2,(H,19,22)(H,20,21). The monoisotopic (exact) mass is 358 g/mol. The molecule has 0 aromatic heterocycles. The fourth-order valence-electron chi connectivity index (χ4n) is 2.04. The smallest absolute Gasteiger partial charge is 0.255 e. The highest BCUT2D eigenvalue weighted by Gasteiger charge is 2.23. The second-order valence-corrected chi connectivity index (χ2v) is 6.21. The van der Waals surface area contributed by atoms with E-state index < -0.39 is 0 Å². The first-order valence-electron chi connectivity index (χ1n) is 7.10. The fourth-order valence-corrected chi connectivity index (χ4v) is 2.30. The Bertz CT molecular complexity index is 709. The molecule has 0 aliphatic heterocycles. The van der Waals surface area contributed by atoms with Gasteiger partial charge >= 0.3 is 0 Å². The van der Waals surface area contributed by atoms with Crippen LogP contribution < -0.4 is 10.6 Å². The van der Waals surface area contributed by atoms with Gasteiger partial charge in [-0.2, -0.15) is 0 Å². The summed E-state index contributed by atoms with van der Waals surface area (Å²) in [6, 6.07) is 14.4. The van der Waals surface area contributed by atoms with Crippen LogP contribution in [0.15, 0.2) is 53.0 Å². The van der Waals surface area contributed by atoms with Gasteiger partial charge in [0.15, 0.2) is 0 Å². The van der Waals surface area contributed by atoms with Gasteiger partial charge in [-0.05, 0) is 55.3 Å². The average Bonchev–Trinajstić information content (AvgIpc) is 3.32. The van der Waals surface area contributed by atoms with Crippen LogP contribution >= 0.6 is 15.9 Å². The van der Waals surface area contributed by atoms with Crippen molar-refractivity contribution in [1.29, 1.82) is 0 Å². The molecule has 0 radical (unpaired) electrons. The number of carbonyl (C=O) groups excluding carboxylic acids is 2. The second kappa shape index (κ2) is 6.32. The maximum absolute atomic E-state index is 12.2. The summed E-state index contributed by atoms with van der Waals surface area (Å²) in [5, 5.41) is 5.74. The van der Waals surface area contributed by atoms with Crippen molar-refractivity contribution in [2.75, 3.05) is 5.32 Å². The number of nitrogens with one attached hydrogen (secondary N) is 2. The molecule has 2 aromatic rings. The lowest BCUT2D eigenvalue weighted by Crippen LogP contribution is -2.25. The van der Waals surface area contributed by atoms with Crippen molar-refractivity contribution in [1.82, 2.24) is 5.32 Å². The summed E-state index contributed by atoms with van der Waals surface area (Å²) >= 11 is 3.34. The zero-order chi connectivity index (χ0) is 15.5. The maximum Gasteiger partial charge on any atom is 0.255 e. The fraction of sp³-hybridized carbons (Fsp3) is 0.176. The van der Waals surface area contributed by atoms with Crippen LogP contribution in [0.5, 0.6) is 0 Å². The first-order valence-corrected chi connectivity index (χ1v) is 7.89. The Hall–Kier alpha value is -2.14. The van der Waals surface area contributed by atoms with Crippen molar-refractivity contribution in [3.05, 3.63) is 64.1 Å². The zero-order valence-electron chi connectivity index (χ0n) is 11.8. The summed E-state index contributed by atoms with van der Waals surface area (Å²) < 4.78 is 0.919. The zero-order valence-corrected chi connectivity index (χ0v) is 13.4. The van der Waals surface area contributed by atoms with Crippen LogP contribution in [0.3, 0.4) is 0 Å². The highest BCUT2D eigenvalue weighted by molar-refractivity contribution is 9.10. The van der Waals surface area contributed by atoms with Crippen LogP contribution in [0, 0.1) is 0 Å². The van der Waals surface area contributed by atoms with Crippen molar-refractivity contribution in [3.8, 4) is 0 Å². The Balaban J connectivity index is 1.70. The third kappa shape index (κ3) is 3.74. The Morgan fingerprint density at radius 1 is 0.955 bits per heavy atom. The topological polar surface area (TPSA) is 58.2 Å². The van der Waals surface area contributed by atoms with Gasteiger partial charge in [-0.15, -0.1) is 0 Å². The molecule has 0 unspecified atom stereocenters. The van der Waals surface area contributed by atoms with Gasteiger partial charge in [0, 0.05) is 27.3 Å². The second-order valence-electron chi connectivity index (χ2n) is 5.29. The van der Waals surface area contributed by atoms with Crippen LogP contribution in [0.1, 0.15) is 33.6 Å². The first-order chi connectivity index (χ1) is 10.6. The van der Waals surface area contributed by atoms with Gasteiger partial charge in [0.2, 0.25) is 0 Å². The molecule has 22 heavy (non-hydrogen) atoms. The Morgan fingerprint density at radius 3 is 2.36 bits per heavy atom. The van der Waals surface area contributed by atoms with Gasteiger partial charge in [0.25, 0.3) is 11.8 Å². The number of rotatable bonds is 4. The summed E-state index contributed by atoms with van der Waals surface area (Å²) in [5.74, 6) is -0.297. The van der Waals surface area contributed by atoms with E-state index in [9.17, 15) is 9.59 Å². The van der Waals surface area contributed by atoms with Gasteiger partial charge in [-0.1, -0.05) is 22.0 Å². The Labute approximate surface area is 137 Å². The van der Waals surface area contributed by atoms with E-state index in [1.165, 1.54) is 0 Å². The number of hydrogen-bond acceptors (Lipinski definition) is 2. The molecule has 2 aromatic carbocycles. The minimum atomic E-state index is -0.202. The molecule has 2 amide bonds.